The van der Waals surface area contributed by atoms with Crippen LogP contribution >= 0.6 is 11.3 Å². The molecular formula is C33H27NS. The van der Waals surface area contributed by atoms with Crippen LogP contribution in [-0.2, 0) is 0 Å². The molecule has 5 rings (SSSR count). The van der Waals surface area contributed by atoms with Crippen molar-refractivity contribution in [1.29, 1.82) is 0 Å². The summed E-state index contributed by atoms with van der Waals surface area (Å²) in [4.78, 5) is 2.31. The Kier molecular flexibility index (Phi) is 7.02. The molecule has 0 saturated carbocycles. The van der Waals surface area contributed by atoms with Gasteiger partial charge in [0.15, 0.2) is 0 Å². The van der Waals surface area contributed by atoms with E-state index in [2.05, 4.69) is 156 Å². The highest BCUT2D eigenvalue weighted by molar-refractivity contribution is 7.08. The van der Waals surface area contributed by atoms with Gasteiger partial charge in [0.1, 0.15) is 0 Å². The van der Waals surface area contributed by atoms with E-state index in [1.54, 1.807) is 11.3 Å². The van der Waals surface area contributed by atoms with Crippen LogP contribution < -0.4 is 4.90 Å². The highest BCUT2D eigenvalue weighted by Crippen LogP contribution is 2.36. The van der Waals surface area contributed by atoms with Crippen molar-refractivity contribution in [3.8, 4) is 0 Å². The number of benzene rings is 4. The summed E-state index contributed by atoms with van der Waals surface area (Å²) >= 11 is 1.72. The minimum Gasteiger partial charge on any atom is -0.310 e. The quantitative estimate of drug-likeness (QED) is 0.214. The largest absolute Gasteiger partial charge is 0.310 e. The van der Waals surface area contributed by atoms with Crippen LogP contribution in [-0.4, -0.2) is 0 Å². The number of nitrogens with zero attached hydrogens (tertiary/aromatic N) is 1. The van der Waals surface area contributed by atoms with Gasteiger partial charge in [0.05, 0.1) is 0 Å². The molecule has 1 aromatic heterocycles. The number of hydrogen-bond acceptors (Lipinski definition) is 2. The Morgan fingerprint density at radius 1 is 0.543 bits per heavy atom. The van der Waals surface area contributed by atoms with Crippen LogP contribution in [0, 0.1) is 6.92 Å². The number of aryl methyl sites for hydroxylation is 1. The molecule has 0 aliphatic rings. The van der Waals surface area contributed by atoms with E-state index in [4.69, 9.17) is 0 Å². The Labute approximate surface area is 212 Å². The van der Waals surface area contributed by atoms with Gasteiger partial charge < -0.3 is 4.90 Å². The van der Waals surface area contributed by atoms with E-state index in [0.29, 0.717) is 0 Å². The van der Waals surface area contributed by atoms with Crippen molar-refractivity contribution in [3.05, 3.63) is 148 Å². The third-order valence-electron chi connectivity index (χ3n) is 5.91. The highest BCUT2D eigenvalue weighted by atomic mass is 32.1. The predicted octanol–water partition coefficient (Wildman–Crippen LogP) is 9.87. The normalized spacial score (nSPS) is 11.3. The second-order valence-corrected chi connectivity index (χ2v) is 9.22. The summed E-state index contributed by atoms with van der Waals surface area (Å²) in [7, 11) is 0. The molecule has 0 spiro atoms. The first-order valence-electron chi connectivity index (χ1n) is 11.8. The number of anilines is 3. The zero-order chi connectivity index (χ0) is 23.9. The number of thiophene rings is 1. The summed E-state index contributed by atoms with van der Waals surface area (Å²) in [5, 5.41) is 4.26. The Morgan fingerprint density at radius 3 is 1.86 bits per heavy atom. The minimum atomic E-state index is 1.14. The summed E-state index contributed by atoms with van der Waals surface area (Å²) < 4.78 is 0. The molecule has 1 heterocycles. The molecule has 35 heavy (non-hydrogen) atoms. The standard InChI is InChI=1S/C33H27NS/c1-26-8-5-6-13-33(26)34(31-11-3-2-4-12-31)32-20-18-27(19-21-32)14-15-28-9-7-10-29(24-28)16-17-30-22-23-35-25-30/h2-25H,1H3. The number of para-hydroxylation sites is 2. The van der Waals surface area contributed by atoms with Crippen molar-refractivity contribution in [1.82, 2.24) is 0 Å². The van der Waals surface area contributed by atoms with E-state index >= 15 is 0 Å². The third-order valence-corrected chi connectivity index (χ3v) is 6.61. The SMILES string of the molecule is Cc1ccccc1N(c1ccccc1)c1ccc(C=Cc2cccc(C=Cc3ccsc3)c2)cc1. The van der Waals surface area contributed by atoms with E-state index in [-0.39, 0.29) is 0 Å². The molecule has 0 radical (unpaired) electrons. The molecule has 0 saturated heterocycles. The second kappa shape index (κ2) is 10.9. The molecular weight excluding hydrogens is 442 g/mol. The molecule has 2 heteroatoms. The molecule has 4 aromatic carbocycles. The molecule has 0 unspecified atom stereocenters. The van der Waals surface area contributed by atoms with Crippen molar-refractivity contribution >= 4 is 52.7 Å². The molecule has 0 amide bonds. The Morgan fingerprint density at radius 2 is 1.17 bits per heavy atom. The van der Waals surface area contributed by atoms with Crippen molar-refractivity contribution in [3.63, 3.8) is 0 Å². The second-order valence-electron chi connectivity index (χ2n) is 8.44. The Bertz CT molecular complexity index is 1430. The molecule has 0 bridgehead atoms. The highest BCUT2D eigenvalue weighted by Gasteiger charge is 2.13. The lowest BCUT2D eigenvalue weighted by atomic mass is 10.1. The van der Waals surface area contributed by atoms with Crippen LogP contribution in [0.25, 0.3) is 24.3 Å². The fourth-order valence-corrected chi connectivity index (χ4v) is 4.70. The fraction of sp³-hybridized carbons (Fsp3) is 0.0303. The Balaban J connectivity index is 1.37. The van der Waals surface area contributed by atoms with Crippen LogP contribution in [0.5, 0.6) is 0 Å². The van der Waals surface area contributed by atoms with Gasteiger partial charge in [-0.05, 0) is 88.0 Å². The summed E-state index contributed by atoms with van der Waals surface area (Å²) in [6.45, 7) is 2.16. The average molecular weight is 470 g/mol. The summed E-state index contributed by atoms with van der Waals surface area (Å²) in [5.41, 5.74) is 9.53. The maximum atomic E-state index is 2.31. The van der Waals surface area contributed by atoms with Gasteiger partial charge in [0.25, 0.3) is 0 Å². The van der Waals surface area contributed by atoms with Crippen molar-refractivity contribution in [2.45, 2.75) is 6.92 Å². The van der Waals surface area contributed by atoms with Gasteiger partial charge in [-0.25, -0.2) is 0 Å². The Hall–Kier alpha value is -4.14. The molecule has 0 aliphatic carbocycles. The lowest BCUT2D eigenvalue weighted by Crippen LogP contribution is -2.11. The van der Waals surface area contributed by atoms with Gasteiger partial charge in [-0.15, -0.1) is 0 Å². The van der Waals surface area contributed by atoms with E-state index in [1.165, 1.54) is 33.5 Å². The monoisotopic (exact) mass is 469 g/mol. The smallest absolute Gasteiger partial charge is 0.0490 e. The van der Waals surface area contributed by atoms with Gasteiger partial charge in [-0.3, -0.25) is 0 Å². The first-order valence-corrected chi connectivity index (χ1v) is 12.7. The lowest BCUT2D eigenvalue weighted by molar-refractivity contribution is 1.25. The van der Waals surface area contributed by atoms with E-state index in [9.17, 15) is 0 Å². The topological polar surface area (TPSA) is 3.24 Å². The average Bonchev–Trinajstić information content (AvgIpc) is 3.43. The van der Waals surface area contributed by atoms with Gasteiger partial charge in [0.2, 0.25) is 0 Å². The molecule has 170 valence electrons. The molecule has 0 aliphatic heterocycles. The van der Waals surface area contributed by atoms with Gasteiger partial charge in [-0.2, -0.15) is 11.3 Å². The zero-order valence-corrected chi connectivity index (χ0v) is 20.5. The predicted molar refractivity (Wildman–Crippen MR) is 154 cm³/mol. The van der Waals surface area contributed by atoms with E-state index in [0.717, 1.165) is 11.4 Å². The third kappa shape index (κ3) is 5.68. The molecule has 0 atom stereocenters. The number of hydrogen-bond donors (Lipinski definition) is 0. The van der Waals surface area contributed by atoms with Crippen LogP contribution in [0.2, 0.25) is 0 Å². The molecule has 1 nitrogen and oxygen atoms in total. The maximum Gasteiger partial charge on any atom is 0.0490 e. The molecule has 0 fully saturated rings. The summed E-state index contributed by atoms with van der Waals surface area (Å²) in [6, 6.07) is 38.5. The first-order chi connectivity index (χ1) is 17.3. The van der Waals surface area contributed by atoms with Crippen LogP contribution in [0.3, 0.4) is 0 Å². The zero-order valence-electron chi connectivity index (χ0n) is 19.7. The lowest BCUT2D eigenvalue weighted by Gasteiger charge is -2.27. The van der Waals surface area contributed by atoms with Gasteiger partial charge in [0, 0.05) is 17.1 Å². The van der Waals surface area contributed by atoms with Gasteiger partial charge >= 0.3 is 0 Å². The van der Waals surface area contributed by atoms with E-state index < -0.39 is 0 Å². The maximum absolute atomic E-state index is 2.31. The van der Waals surface area contributed by atoms with Gasteiger partial charge in [-0.1, -0.05) is 91.0 Å². The summed E-state index contributed by atoms with van der Waals surface area (Å²) in [6.07, 6.45) is 8.67. The van der Waals surface area contributed by atoms with Crippen LogP contribution in [0.1, 0.15) is 27.8 Å². The first kappa shape index (κ1) is 22.6. The fourth-order valence-electron chi connectivity index (χ4n) is 4.07. The van der Waals surface area contributed by atoms with Crippen molar-refractivity contribution < 1.29 is 0 Å². The minimum absolute atomic E-state index is 1.14. The summed E-state index contributed by atoms with van der Waals surface area (Å²) in [5.74, 6) is 0. The molecule has 5 aromatic rings. The van der Waals surface area contributed by atoms with E-state index in [1.807, 2.05) is 0 Å². The van der Waals surface area contributed by atoms with Crippen LogP contribution in [0.15, 0.2) is 120 Å². The van der Waals surface area contributed by atoms with Crippen LogP contribution in [0.4, 0.5) is 17.1 Å². The molecule has 0 N–H and O–H groups in total. The number of rotatable bonds is 7. The van der Waals surface area contributed by atoms with Crippen molar-refractivity contribution in [2.75, 3.05) is 4.90 Å². The van der Waals surface area contributed by atoms with Crippen molar-refractivity contribution in [2.24, 2.45) is 0 Å².